The molecule has 0 aliphatic heterocycles. The van der Waals surface area contributed by atoms with Crippen molar-refractivity contribution in [3.05, 3.63) is 94.2 Å². The van der Waals surface area contributed by atoms with Gasteiger partial charge in [0.2, 0.25) is 0 Å². The van der Waals surface area contributed by atoms with Crippen LogP contribution in [0, 0.1) is 0 Å². The fourth-order valence-corrected chi connectivity index (χ4v) is 4.81. The maximum absolute atomic E-state index is 12.4. The molecule has 4 rings (SSSR count). The van der Waals surface area contributed by atoms with Crippen molar-refractivity contribution in [2.75, 3.05) is 0 Å². The van der Waals surface area contributed by atoms with Crippen molar-refractivity contribution in [1.29, 1.82) is 0 Å². The molecule has 3 heteroatoms. The SMILES string of the molecule is O=C(O)C1(c2cccs2)C(c2ccccc2)[C@H]1c1ccccc1. The van der Waals surface area contributed by atoms with E-state index in [1.165, 1.54) is 11.3 Å². The lowest BCUT2D eigenvalue weighted by Crippen LogP contribution is -2.22. The molecule has 0 amide bonds. The molecule has 1 saturated carbocycles. The van der Waals surface area contributed by atoms with Gasteiger partial charge < -0.3 is 5.11 Å². The molecule has 114 valence electrons. The summed E-state index contributed by atoms with van der Waals surface area (Å²) in [5.74, 6) is -0.785. The second-order valence-corrected chi connectivity index (χ2v) is 6.88. The van der Waals surface area contributed by atoms with Gasteiger partial charge in [-0.05, 0) is 22.6 Å². The van der Waals surface area contributed by atoms with Crippen molar-refractivity contribution in [2.45, 2.75) is 17.3 Å². The first-order valence-electron chi connectivity index (χ1n) is 7.63. The van der Waals surface area contributed by atoms with E-state index in [0.29, 0.717) is 0 Å². The fourth-order valence-electron chi connectivity index (χ4n) is 3.81. The zero-order valence-corrected chi connectivity index (χ0v) is 13.2. The van der Waals surface area contributed by atoms with E-state index in [-0.39, 0.29) is 11.8 Å². The van der Waals surface area contributed by atoms with Crippen LogP contribution in [0.25, 0.3) is 0 Å². The topological polar surface area (TPSA) is 37.3 Å². The van der Waals surface area contributed by atoms with Crippen LogP contribution >= 0.6 is 11.3 Å². The Morgan fingerprint density at radius 3 is 1.74 bits per heavy atom. The lowest BCUT2D eigenvalue weighted by Gasteiger charge is -2.11. The Hall–Kier alpha value is -2.39. The van der Waals surface area contributed by atoms with Gasteiger partial charge in [0, 0.05) is 16.7 Å². The molecule has 1 heterocycles. The maximum atomic E-state index is 12.4. The van der Waals surface area contributed by atoms with Crippen molar-refractivity contribution < 1.29 is 9.90 Å². The molecule has 1 aliphatic carbocycles. The normalized spacial score (nSPS) is 25.9. The van der Waals surface area contributed by atoms with Gasteiger partial charge in [-0.2, -0.15) is 0 Å². The van der Waals surface area contributed by atoms with Gasteiger partial charge >= 0.3 is 5.97 Å². The standard InChI is InChI=1S/C20H16O2S/c21-19(22)20(16-12-7-13-23-16)17(14-8-3-1-4-9-14)18(20)15-10-5-2-6-11-15/h1-13,17-18H,(H,21,22)/t17-,18?,20?/m1/s1. The van der Waals surface area contributed by atoms with Gasteiger partial charge in [-0.1, -0.05) is 66.7 Å². The van der Waals surface area contributed by atoms with E-state index < -0.39 is 11.4 Å². The summed E-state index contributed by atoms with van der Waals surface area (Å²) in [4.78, 5) is 13.3. The first kappa shape index (κ1) is 14.2. The molecule has 1 N–H and O–H groups in total. The molecule has 2 nitrogen and oxygen atoms in total. The highest BCUT2D eigenvalue weighted by Crippen LogP contribution is 2.71. The molecule has 0 spiro atoms. The summed E-state index contributed by atoms with van der Waals surface area (Å²) in [6, 6.07) is 23.9. The van der Waals surface area contributed by atoms with E-state index in [1.54, 1.807) is 0 Å². The number of carboxylic acid groups (broad SMARTS) is 1. The third-order valence-electron chi connectivity index (χ3n) is 4.81. The van der Waals surface area contributed by atoms with Crippen molar-refractivity contribution in [1.82, 2.24) is 0 Å². The number of benzene rings is 2. The minimum atomic E-state index is -0.850. The van der Waals surface area contributed by atoms with Crippen LogP contribution in [0.15, 0.2) is 78.2 Å². The van der Waals surface area contributed by atoms with Crippen LogP contribution < -0.4 is 0 Å². The lowest BCUT2D eigenvalue weighted by molar-refractivity contribution is -0.140. The minimum Gasteiger partial charge on any atom is -0.481 e. The summed E-state index contributed by atoms with van der Waals surface area (Å²) in [5.41, 5.74) is 1.34. The molecule has 3 atom stereocenters. The van der Waals surface area contributed by atoms with Gasteiger partial charge in [0.1, 0.15) is 5.41 Å². The molecule has 1 aliphatic rings. The zero-order chi connectivity index (χ0) is 15.9. The van der Waals surface area contributed by atoms with Crippen LogP contribution in [-0.2, 0) is 10.2 Å². The quantitative estimate of drug-likeness (QED) is 0.759. The largest absolute Gasteiger partial charge is 0.481 e. The number of hydrogen-bond acceptors (Lipinski definition) is 2. The van der Waals surface area contributed by atoms with Crippen LogP contribution in [0.1, 0.15) is 27.8 Å². The molecule has 1 aromatic heterocycles. The van der Waals surface area contributed by atoms with Gasteiger partial charge in [-0.25, -0.2) is 0 Å². The monoisotopic (exact) mass is 320 g/mol. The number of hydrogen-bond donors (Lipinski definition) is 1. The highest BCUT2D eigenvalue weighted by atomic mass is 32.1. The predicted octanol–water partition coefficient (Wildman–Crippen LogP) is 4.65. The Labute approximate surface area is 139 Å². The third-order valence-corrected chi connectivity index (χ3v) is 5.83. The summed E-state index contributed by atoms with van der Waals surface area (Å²) in [6.07, 6.45) is 0. The predicted molar refractivity (Wildman–Crippen MR) is 92.0 cm³/mol. The number of carboxylic acids is 1. The second kappa shape index (κ2) is 5.36. The molecule has 3 aromatic rings. The van der Waals surface area contributed by atoms with Crippen molar-refractivity contribution in [2.24, 2.45) is 0 Å². The summed E-state index contributed by atoms with van der Waals surface area (Å²) in [5, 5.41) is 12.1. The lowest BCUT2D eigenvalue weighted by atomic mass is 9.95. The van der Waals surface area contributed by atoms with Gasteiger partial charge in [0.25, 0.3) is 0 Å². The van der Waals surface area contributed by atoms with Crippen molar-refractivity contribution in [3.63, 3.8) is 0 Å². The second-order valence-electron chi connectivity index (χ2n) is 5.93. The van der Waals surface area contributed by atoms with E-state index in [1.807, 2.05) is 78.2 Å². The molecule has 2 aromatic carbocycles. The van der Waals surface area contributed by atoms with E-state index in [9.17, 15) is 9.90 Å². The molecule has 0 radical (unpaired) electrons. The molecule has 23 heavy (non-hydrogen) atoms. The molecule has 0 bridgehead atoms. The van der Waals surface area contributed by atoms with Crippen molar-refractivity contribution >= 4 is 17.3 Å². The van der Waals surface area contributed by atoms with E-state index >= 15 is 0 Å². The Morgan fingerprint density at radius 2 is 1.35 bits per heavy atom. The van der Waals surface area contributed by atoms with Crippen LogP contribution in [0.4, 0.5) is 0 Å². The summed E-state index contributed by atoms with van der Waals surface area (Å²) >= 11 is 1.54. The van der Waals surface area contributed by atoms with Crippen LogP contribution in [0.5, 0.6) is 0 Å². The molecule has 1 fully saturated rings. The third kappa shape index (κ3) is 2.04. The molecule has 2 unspecified atom stereocenters. The number of carbonyl (C=O) groups is 1. The summed E-state index contributed by atoms with van der Waals surface area (Å²) < 4.78 is 0. The summed E-state index contributed by atoms with van der Waals surface area (Å²) in [6.45, 7) is 0. The Balaban J connectivity index is 1.90. The van der Waals surface area contributed by atoms with Crippen molar-refractivity contribution in [3.8, 4) is 0 Å². The van der Waals surface area contributed by atoms with Crippen LogP contribution in [-0.4, -0.2) is 11.1 Å². The smallest absolute Gasteiger partial charge is 0.316 e. The highest BCUT2D eigenvalue weighted by Gasteiger charge is 2.72. The van der Waals surface area contributed by atoms with E-state index in [2.05, 4.69) is 0 Å². The Morgan fingerprint density at radius 1 is 0.826 bits per heavy atom. The van der Waals surface area contributed by atoms with E-state index in [0.717, 1.165) is 16.0 Å². The first-order chi connectivity index (χ1) is 11.3. The highest BCUT2D eigenvalue weighted by molar-refractivity contribution is 7.10. The minimum absolute atomic E-state index is 0.0257. The number of aliphatic carboxylic acids is 1. The summed E-state index contributed by atoms with van der Waals surface area (Å²) in [7, 11) is 0. The Bertz CT molecular complexity index is 764. The molecular formula is C20H16O2S. The van der Waals surface area contributed by atoms with Crippen LogP contribution in [0.3, 0.4) is 0 Å². The first-order valence-corrected chi connectivity index (χ1v) is 8.51. The fraction of sp³-hybridized carbons (Fsp3) is 0.150. The average Bonchev–Trinajstić information content (AvgIpc) is 3.00. The van der Waals surface area contributed by atoms with Gasteiger partial charge in [0.05, 0.1) is 0 Å². The van der Waals surface area contributed by atoms with E-state index in [4.69, 9.17) is 0 Å². The van der Waals surface area contributed by atoms with Gasteiger partial charge in [-0.3, -0.25) is 4.79 Å². The zero-order valence-electron chi connectivity index (χ0n) is 12.4. The van der Waals surface area contributed by atoms with Crippen LogP contribution in [0.2, 0.25) is 0 Å². The van der Waals surface area contributed by atoms with Gasteiger partial charge in [0.15, 0.2) is 0 Å². The van der Waals surface area contributed by atoms with Gasteiger partial charge in [-0.15, -0.1) is 11.3 Å². The Kier molecular flexibility index (Phi) is 3.31. The molecular weight excluding hydrogens is 304 g/mol. The number of rotatable bonds is 4. The molecule has 0 saturated heterocycles. The number of thiophene rings is 1. The average molecular weight is 320 g/mol. The maximum Gasteiger partial charge on any atom is 0.316 e.